The van der Waals surface area contributed by atoms with E-state index in [0.29, 0.717) is 12.0 Å². The zero-order valence-electron chi connectivity index (χ0n) is 15.5. The summed E-state index contributed by atoms with van der Waals surface area (Å²) in [6.07, 6.45) is 4.21. The quantitative estimate of drug-likeness (QED) is 0.710. The first-order valence-electron chi connectivity index (χ1n) is 9.60. The number of carbonyl (C=O) groups excluding carboxylic acids is 2. The van der Waals surface area contributed by atoms with Crippen LogP contribution in [0.4, 0.5) is 0 Å². The van der Waals surface area contributed by atoms with E-state index in [-0.39, 0.29) is 35.3 Å². The van der Waals surface area contributed by atoms with Crippen molar-refractivity contribution in [3.05, 3.63) is 36.1 Å². The average molecular weight is 405 g/mol. The lowest BCUT2D eigenvalue weighted by molar-refractivity contribution is -0.139. The second-order valence-electron chi connectivity index (χ2n) is 7.52. The monoisotopic (exact) mass is 405 g/mol. The minimum absolute atomic E-state index is 0.00718. The van der Waals surface area contributed by atoms with Gasteiger partial charge in [0.15, 0.2) is 16.4 Å². The number of para-hydroxylation sites is 1. The van der Waals surface area contributed by atoms with E-state index in [2.05, 4.69) is 0 Å². The first-order chi connectivity index (χ1) is 13.4. The number of ether oxygens (including phenoxy) is 1. The standard InChI is InChI=1S/C20H23NO6S/c22-19(12-26-20(23)18-11-14-5-1-4-8-17(14)27-18)21(15-6-2-3-7-15)16-9-10-28(24,25)13-16/h1,4-5,8,11,15-16H,2-3,6-7,9-10,12-13H2/t16-/m1/s1. The van der Waals surface area contributed by atoms with Crippen LogP contribution in [-0.2, 0) is 19.4 Å². The van der Waals surface area contributed by atoms with E-state index in [0.717, 1.165) is 31.1 Å². The molecule has 1 saturated heterocycles. The molecule has 2 fully saturated rings. The van der Waals surface area contributed by atoms with Crippen LogP contribution in [0.5, 0.6) is 0 Å². The van der Waals surface area contributed by atoms with E-state index in [1.165, 1.54) is 0 Å². The predicted molar refractivity (Wildman–Crippen MR) is 103 cm³/mol. The highest BCUT2D eigenvalue weighted by Gasteiger charge is 2.39. The number of hydrogen-bond donors (Lipinski definition) is 0. The number of carbonyl (C=O) groups is 2. The van der Waals surface area contributed by atoms with Gasteiger partial charge in [-0.1, -0.05) is 31.0 Å². The molecular weight excluding hydrogens is 382 g/mol. The summed E-state index contributed by atoms with van der Waals surface area (Å²) in [7, 11) is -3.11. The Labute approximate surface area is 163 Å². The van der Waals surface area contributed by atoms with Gasteiger partial charge in [-0.15, -0.1) is 0 Å². The minimum Gasteiger partial charge on any atom is -0.450 e. The van der Waals surface area contributed by atoms with Gasteiger partial charge in [-0.2, -0.15) is 0 Å². The van der Waals surface area contributed by atoms with Crippen molar-refractivity contribution >= 4 is 32.7 Å². The fourth-order valence-electron chi connectivity index (χ4n) is 4.24. The molecule has 0 N–H and O–H groups in total. The Bertz CT molecular complexity index is 956. The van der Waals surface area contributed by atoms with Crippen LogP contribution >= 0.6 is 0 Å². The normalized spacial score (nSPS) is 21.8. The van der Waals surface area contributed by atoms with Crippen molar-refractivity contribution in [2.75, 3.05) is 18.1 Å². The predicted octanol–water partition coefficient (Wildman–Crippen LogP) is 2.55. The molecule has 8 heteroatoms. The molecule has 0 unspecified atom stereocenters. The highest BCUT2D eigenvalue weighted by molar-refractivity contribution is 7.91. The third-order valence-corrected chi connectivity index (χ3v) is 7.31. The molecule has 1 atom stereocenters. The molecule has 1 aromatic carbocycles. The molecule has 1 aromatic heterocycles. The number of nitrogens with zero attached hydrogens (tertiary/aromatic N) is 1. The van der Waals surface area contributed by atoms with Crippen molar-refractivity contribution in [2.24, 2.45) is 0 Å². The Hall–Kier alpha value is -2.35. The molecule has 2 aliphatic rings. The molecular formula is C20H23NO6S. The summed E-state index contributed by atoms with van der Waals surface area (Å²) in [6, 6.07) is 8.50. The van der Waals surface area contributed by atoms with E-state index in [1.54, 1.807) is 23.1 Å². The number of furan rings is 1. The van der Waals surface area contributed by atoms with Crippen LogP contribution in [0.25, 0.3) is 11.0 Å². The molecule has 1 amide bonds. The Kier molecular flexibility index (Phi) is 5.14. The zero-order valence-corrected chi connectivity index (χ0v) is 16.3. The zero-order chi connectivity index (χ0) is 19.7. The largest absolute Gasteiger partial charge is 0.450 e. The number of sulfone groups is 1. The smallest absolute Gasteiger partial charge is 0.374 e. The van der Waals surface area contributed by atoms with Crippen molar-refractivity contribution in [3.8, 4) is 0 Å². The summed E-state index contributed by atoms with van der Waals surface area (Å²) >= 11 is 0. The molecule has 1 aliphatic heterocycles. The topological polar surface area (TPSA) is 93.9 Å². The fourth-order valence-corrected chi connectivity index (χ4v) is 5.95. The van der Waals surface area contributed by atoms with Crippen LogP contribution in [0, 0.1) is 0 Å². The number of rotatable bonds is 5. The Morgan fingerprint density at radius 1 is 1.11 bits per heavy atom. The summed E-state index contributed by atoms with van der Waals surface area (Å²) in [5.41, 5.74) is 0.574. The average Bonchev–Trinajstić information content (AvgIpc) is 3.39. The molecule has 2 aromatic rings. The third-order valence-electron chi connectivity index (χ3n) is 5.56. The van der Waals surface area contributed by atoms with Crippen molar-refractivity contribution in [2.45, 2.75) is 44.2 Å². The fraction of sp³-hybridized carbons (Fsp3) is 0.500. The molecule has 28 heavy (non-hydrogen) atoms. The van der Waals surface area contributed by atoms with E-state index >= 15 is 0 Å². The molecule has 4 rings (SSSR count). The maximum Gasteiger partial charge on any atom is 0.374 e. The SMILES string of the molecule is O=C(OCC(=O)N(C1CCCC1)[C@@H]1CCS(=O)(=O)C1)c1cc2ccccc2o1. The van der Waals surface area contributed by atoms with Gasteiger partial charge < -0.3 is 14.1 Å². The molecule has 7 nitrogen and oxygen atoms in total. The summed E-state index contributed by atoms with van der Waals surface area (Å²) in [4.78, 5) is 26.8. The molecule has 0 bridgehead atoms. The highest BCUT2D eigenvalue weighted by atomic mass is 32.2. The first kappa shape index (κ1) is 19.0. The Balaban J connectivity index is 1.44. The number of hydrogen-bond acceptors (Lipinski definition) is 6. The van der Waals surface area contributed by atoms with Crippen LogP contribution in [0.15, 0.2) is 34.7 Å². The molecule has 150 valence electrons. The lowest BCUT2D eigenvalue weighted by Crippen LogP contribution is -2.48. The van der Waals surface area contributed by atoms with Crippen LogP contribution in [-0.4, -0.2) is 55.4 Å². The number of amides is 1. The molecule has 2 heterocycles. The molecule has 0 spiro atoms. The number of benzene rings is 1. The maximum atomic E-state index is 12.9. The third kappa shape index (κ3) is 3.92. The van der Waals surface area contributed by atoms with Gasteiger partial charge in [0.05, 0.1) is 11.5 Å². The van der Waals surface area contributed by atoms with Gasteiger partial charge in [-0.25, -0.2) is 13.2 Å². The second-order valence-corrected chi connectivity index (χ2v) is 9.75. The van der Waals surface area contributed by atoms with Crippen LogP contribution < -0.4 is 0 Å². The number of fused-ring (bicyclic) bond motifs is 1. The van der Waals surface area contributed by atoms with Gasteiger partial charge in [-0.3, -0.25) is 4.79 Å². The lowest BCUT2D eigenvalue weighted by atomic mass is 10.1. The summed E-state index contributed by atoms with van der Waals surface area (Å²) < 4.78 is 34.4. The second kappa shape index (κ2) is 7.58. The van der Waals surface area contributed by atoms with Gasteiger partial charge in [0.25, 0.3) is 5.91 Å². The van der Waals surface area contributed by atoms with Crippen LogP contribution in [0.1, 0.15) is 42.7 Å². The van der Waals surface area contributed by atoms with E-state index < -0.39 is 22.4 Å². The van der Waals surface area contributed by atoms with Gasteiger partial charge in [0.2, 0.25) is 5.76 Å². The molecule has 1 aliphatic carbocycles. The van der Waals surface area contributed by atoms with E-state index in [4.69, 9.17) is 9.15 Å². The van der Waals surface area contributed by atoms with E-state index in [1.807, 2.05) is 12.1 Å². The van der Waals surface area contributed by atoms with Gasteiger partial charge >= 0.3 is 5.97 Å². The Morgan fingerprint density at radius 2 is 1.86 bits per heavy atom. The maximum absolute atomic E-state index is 12.9. The van der Waals surface area contributed by atoms with Gasteiger partial charge in [-0.05, 0) is 31.4 Å². The van der Waals surface area contributed by atoms with E-state index in [9.17, 15) is 18.0 Å². The molecule has 1 saturated carbocycles. The van der Waals surface area contributed by atoms with Crippen LogP contribution in [0.3, 0.4) is 0 Å². The van der Waals surface area contributed by atoms with Crippen LogP contribution in [0.2, 0.25) is 0 Å². The summed E-state index contributed by atoms with van der Waals surface area (Å²) in [6.45, 7) is -0.414. The van der Waals surface area contributed by atoms with Crippen molar-refractivity contribution in [3.63, 3.8) is 0 Å². The van der Waals surface area contributed by atoms with Crippen molar-refractivity contribution in [1.82, 2.24) is 4.90 Å². The van der Waals surface area contributed by atoms with Crippen molar-refractivity contribution < 1.29 is 27.2 Å². The van der Waals surface area contributed by atoms with Gasteiger partial charge in [0, 0.05) is 17.5 Å². The highest BCUT2D eigenvalue weighted by Crippen LogP contribution is 2.29. The Morgan fingerprint density at radius 3 is 2.54 bits per heavy atom. The summed E-state index contributed by atoms with van der Waals surface area (Å²) in [5.74, 6) is -0.891. The molecule has 0 radical (unpaired) electrons. The number of esters is 1. The van der Waals surface area contributed by atoms with Crippen molar-refractivity contribution in [1.29, 1.82) is 0 Å². The summed E-state index contributed by atoms with van der Waals surface area (Å²) in [5, 5.41) is 0.782. The van der Waals surface area contributed by atoms with Gasteiger partial charge in [0.1, 0.15) is 5.58 Å². The first-order valence-corrected chi connectivity index (χ1v) is 11.4. The lowest BCUT2D eigenvalue weighted by Gasteiger charge is -2.33. The minimum atomic E-state index is -3.11.